The molecule has 3 nitrogen and oxygen atoms in total. The van der Waals surface area contributed by atoms with Gasteiger partial charge < -0.3 is 10.2 Å². The van der Waals surface area contributed by atoms with E-state index in [4.69, 9.17) is 0 Å². The number of rotatable bonds is 6. The van der Waals surface area contributed by atoms with E-state index < -0.39 is 17.5 Å². The van der Waals surface area contributed by atoms with Crippen molar-refractivity contribution in [3.05, 3.63) is 101 Å². The molecule has 0 aliphatic rings. The lowest BCUT2D eigenvalue weighted by Gasteiger charge is -2.23. The van der Waals surface area contributed by atoms with Crippen molar-refractivity contribution in [3.63, 3.8) is 0 Å². The SMILES string of the molecule is CC(CC(c1ccccc1)c1cc(C(=O)O)c(O)cc1F)c1ccccc1. The number of carbonyl (C=O) groups is 1. The van der Waals surface area contributed by atoms with Crippen LogP contribution < -0.4 is 0 Å². The molecule has 0 fully saturated rings. The number of hydrogen-bond donors (Lipinski definition) is 2. The van der Waals surface area contributed by atoms with Gasteiger partial charge in [0.25, 0.3) is 0 Å². The van der Waals surface area contributed by atoms with Crippen molar-refractivity contribution in [1.29, 1.82) is 0 Å². The number of halogens is 1. The molecule has 0 spiro atoms. The van der Waals surface area contributed by atoms with Crippen LogP contribution >= 0.6 is 0 Å². The standard InChI is InChI=1S/C23H21FO3/c1-15(16-8-4-2-5-9-16)12-18(17-10-6-3-7-11-17)19-13-20(23(26)27)22(25)14-21(19)24/h2-11,13-15,18,25H,12H2,1H3,(H,26,27). The van der Waals surface area contributed by atoms with E-state index in [1.165, 1.54) is 6.07 Å². The minimum absolute atomic E-state index is 0.137. The van der Waals surface area contributed by atoms with Crippen molar-refractivity contribution in [1.82, 2.24) is 0 Å². The van der Waals surface area contributed by atoms with Gasteiger partial charge in [-0.15, -0.1) is 0 Å². The highest BCUT2D eigenvalue weighted by molar-refractivity contribution is 5.91. The molecular formula is C23H21FO3. The number of benzene rings is 3. The molecule has 3 rings (SSSR count). The second kappa shape index (κ2) is 8.04. The van der Waals surface area contributed by atoms with Gasteiger partial charge in [-0.3, -0.25) is 0 Å². The van der Waals surface area contributed by atoms with E-state index in [9.17, 15) is 19.4 Å². The first kappa shape index (κ1) is 18.6. The smallest absolute Gasteiger partial charge is 0.339 e. The highest BCUT2D eigenvalue weighted by Crippen LogP contribution is 2.37. The van der Waals surface area contributed by atoms with Crippen molar-refractivity contribution in [2.75, 3.05) is 0 Å². The Bertz CT molecular complexity index is 923. The Morgan fingerprint density at radius 2 is 1.52 bits per heavy atom. The summed E-state index contributed by atoms with van der Waals surface area (Å²) >= 11 is 0. The molecule has 3 aromatic rings. The van der Waals surface area contributed by atoms with Crippen LogP contribution in [0.15, 0.2) is 72.8 Å². The maximum Gasteiger partial charge on any atom is 0.339 e. The van der Waals surface area contributed by atoms with Gasteiger partial charge in [0.2, 0.25) is 0 Å². The van der Waals surface area contributed by atoms with E-state index in [1.54, 1.807) is 0 Å². The van der Waals surface area contributed by atoms with Crippen LogP contribution in [0.25, 0.3) is 0 Å². The molecule has 2 atom stereocenters. The summed E-state index contributed by atoms with van der Waals surface area (Å²) in [5.74, 6) is -2.65. The third kappa shape index (κ3) is 4.17. The summed E-state index contributed by atoms with van der Waals surface area (Å²) in [7, 11) is 0. The second-order valence-electron chi connectivity index (χ2n) is 6.71. The molecule has 0 saturated heterocycles. The van der Waals surface area contributed by atoms with E-state index in [0.29, 0.717) is 6.42 Å². The summed E-state index contributed by atoms with van der Waals surface area (Å²) in [5, 5.41) is 19.1. The van der Waals surface area contributed by atoms with Gasteiger partial charge in [0.05, 0.1) is 0 Å². The van der Waals surface area contributed by atoms with Gasteiger partial charge in [0.15, 0.2) is 0 Å². The Hall–Kier alpha value is -3.14. The summed E-state index contributed by atoms with van der Waals surface area (Å²) in [6.45, 7) is 2.07. The quantitative estimate of drug-likeness (QED) is 0.602. The van der Waals surface area contributed by atoms with Crippen LogP contribution in [0.5, 0.6) is 5.75 Å². The Morgan fingerprint density at radius 3 is 2.07 bits per heavy atom. The number of hydrogen-bond acceptors (Lipinski definition) is 2. The molecule has 0 saturated carbocycles. The Balaban J connectivity index is 2.06. The van der Waals surface area contributed by atoms with Crippen molar-refractivity contribution in [2.45, 2.75) is 25.2 Å². The van der Waals surface area contributed by atoms with Gasteiger partial charge in [0, 0.05) is 12.0 Å². The molecule has 0 aliphatic carbocycles. The van der Waals surface area contributed by atoms with Crippen LogP contribution in [0.3, 0.4) is 0 Å². The van der Waals surface area contributed by atoms with Crippen LogP contribution in [0.2, 0.25) is 0 Å². The predicted octanol–water partition coefficient (Wildman–Crippen LogP) is 5.56. The monoisotopic (exact) mass is 364 g/mol. The molecule has 138 valence electrons. The van der Waals surface area contributed by atoms with E-state index >= 15 is 0 Å². The average Bonchev–Trinajstić information content (AvgIpc) is 2.67. The molecule has 0 aliphatic heterocycles. The number of carboxylic acids is 1. The zero-order chi connectivity index (χ0) is 19.4. The summed E-state index contributed by atoms with van der Waals surface area (Å²) < 4.78 is 14.7. The van der Waals surface area contributed by atoms with E-state index in [0.717, 1.165) is 17.2 Å². The minimum atomic E-state index is -1.28. The van der Waals surface area contributed by atoms with Gasteiger partial charge in [0.1, 0.15) is 17.1 Å². The first-order valence-corrected chi connectivity index (χ1v) is 8.83. The van der Waals surface area contributed by atoms with E-state index in [-0.39, 0.29) is 23.0 Å². The second-order valence-corrected chi connectivity index (χ2v) is 6.71. The van der Waals surface area contributed by atoms with Crippen molar-refractivity contribution >= 4 is 5.97 Å². The Kier molecular flexibility index (Phi) is 5.55. The predicted molar refractivity (Wildman–Crippen MR) is 103 cm³/mol. The lowest BCUT2D eigenvalue weighted by Crippen LogP contribution is -2.10. The fourth-order valence-electron chi connectivity index (χ4n) is 3.42. The average molecular weight is 364 g/mol. The fourth-order valence-corrected chi connectivity index (χ4v) is 3.42. The minimum Gasteiger partial charge on any atom is -0.507 e. The molecule has 27 heavy (non-hydrogen) atoms. The number of aromatic hydroxyl groups is 1. The highest BCUT2D eigenvalue weighted by Gasteiger charge is 2.24. The summed E-state index contributed by atoms with van der Waals surface area (Å²) in [4.78, 5) is 11.4. The van der Waals surface area contributed by atoms with Crippen molar-refractivity contribution in [3.8, 4) is 5.75 Å². The maximum atomic E-state index is 14.7. The van der Waals surface area contributed by atoms with Crippen LogP contribution in [-0.2, 0) is 0 Å². The largest absolute Gasteiger partial charge is 0.507 e. The van der Waals surface area contributed by atoms with Crippen molar-refractivity contribution < 1.29 is 19.4 Å². The van der Waals surface area contributed by atoms with Crippen LogP contribution in [0, 0.1) is 5.82 Å². The molecular weight excluding hydrogens is 343 g/mol. The first-order valence-electron chi connectivity index (χ1n) is 8.83. The zero-order valence-electron chi connectivity index (χ0n) is 15.0. The van der Waals surface area contributed by atoms with Gasteiger partial charge in [-0.25, -0.2) is 9.18 Å². The molecule has 3 aromatic carbocycles. The lowest BCUT2D eigenvalue weighted by molar-refractivity contribution is 0.0693. The summed E-state index contributed by atoms with van der Waals surface area (Å²) in [6, 6.07) is 21.6. The zero-order valence-corrected chi connectivity index (χ0v) is 15.0. The number of aromatic carboxylic acids is 1. The lowest BCUT2D eigenvalue weighted by atomic mass is 9.81. The van der Waals surface area contributed by atoms with Gasteiger partial charge in [-0.1, -0.05) is 67.6 Å². The maximum absolute atomic E-state index is 14.7. The Labute approximate surface area is 157 Å². The Morgan fingerprint density at radius 1 is 0.963 bits per heavy atom. The molecule has 4 heteroatoms. The van der Waals surface area contributed by atoms with Gasteiger partial charge >= 0.3 is 5.97 Å². The van der Waals surface area contributed by atoms with Crippen LogP contribution in [0.1, 0.15) is 52.2 Å². The van der Waals surface area contributed by atoms with E-state index in [1.807, 2.05) is 60.7 Å². The molecule has 0 aromatic heterocycles. The van der Waals surface area contributed by atoms with Crippen LogP contribution in [-0.4, -0.2) is 16.2 Å². The first-order chi connectivity index (χ1) is 13.0. The molecule has 0 amide bonds. The molecule has 0 heterocycles. The fraction of sp³-hybridized carbons (Fsp3) is 0.174. The summed E-state index contributed by atoms with van der Waals surface area (Å²) in [5.41, 5.74) is 2.02. The van der Waals surface area contributed by atoms with Crippen LogP contribution in [0.4, 0.5) is 4.39 Å². The highest BCUT2D eigenvalue weighted by atomic mass is 19.1. The molecule has 2 unspecified atom stereocenters. The third-order valence-corrected chi connectivity index (χ3v) is 4.88. The molecule has 0 bridgehead atoms. The molecule has 2 N–H and O–H groups in total. The number of phenols is 1. The topological polar surface area (TPSA) is 57.5 Å². The van der Waals surface area contributed by atoms with E-state index in [2.05, 4.69) is 6.92 Å². The van der Waals surface area contributed by atoms with Gasteiger partial charge in [-0.2, -0.15) is 0 Å². The third-order valence-electron chi connectivity index (χ3n) is 4.88. The number of carboxylic acid groups (broad SMARTS) is 1. The summed E-state index contributed by atoms with van der Waals surface area (Å²) in [6.07, 6.45) is 0.606. The normalized spacial score (nSPS) is 13.1. The molecule has 0 radical (unpaired) electrons. The van der Waals surface area contributed by atoms with Gasteiger partial charge in [-0.05, 0) is 35.1 Å². The van der Waals surface area contributed by atoms with Crippen molar-refractivity contribution in [2.24, 2.45) is 0 Å².